The van der Waals surface area contributed by atoms with E-state index in [9.17, 15) is 92.3 Å². The highest BCUT2D eigenvalue weighted by Gasteiger charge is 2.52. The summed E-state index contributed by atoms with van der Waals surface area (Å²) in [7, 11) is 0. The first-order chi connectivity index (χ1) is 70.1. The Hall–Kier alpha value is -16.6. The zero-order chi connectivity index (χ0) is 101. The number of Topliss-reactive ketones (excluding diaryl/α,β-unsaturated/α-hetero) is 15. The molecule has 23 heteroatoms. The molecule has 5 unspecified atom stereocenters. The van der Waals surface area contributed by atoms with E-state index in [1.165, 1.54) is 72.8 Å². The van der Waals surface area contributed by atoms with E-state index in [0.717, 1.165) is 120 Å². The summed E-state index contributed by atoms with van der Waals surface area (Å²) in [6, 6.07) is 65.6. The van der Waals surface area contributed by atoms with Crippen molar-refractivity contribution in [2.45, 2.75) is 158 Å². The molecule has 0 amide bonds. The highest BCUT2D eigenvalue weighted by atomic mass is 35.5. The fourth-order valence-corrected chi connectivity index (χ4v) is 24.3. The van der Waals surface area contributed by atoms with Crippen molar-refractivity contribution in [3.05, 3.63) is 441 Å². The van der Waals surface area contributed by atoms with Crippen molar-refractivity contribution in [2.75, 3.05) is 0 Å². The van der Waals surface area contributed by atoms with Crippen LogP contribution in [0.2, 0.25) is 10.0 Å². The van der Waals surface area contributed by atoms with Crippen LogP contribution in [0, 0.1) is 22.7 Å². The van der Waals surface area contributed by atoms with Gasteiger partial charge in [0.2, 0.25) is 0 Å². The number of nitrogens with zero attached hydrogens (tertiary/aromatic N) is 2. The first-order valence-corrected chi connectivity index (χ1v) is 49.2. The van der Waals surface area contributed by atoms with Gasteiger partial charge >= 0.3 is 0 Å². The molecule has 0 fully saturated rings. The van der Waals surface area contributed by atoms with Gasteiger partial charge in [-0.15, -0.1) is 0 Å². The van der Waals surface area contributed by atoms with E-state index in [2.05, 4.69) is 12.1 Å². The van der Waals surface area contributed by atoms with E-state index in [-0.39, 0.29) is 143 Å². The zero-order valence-electron chi connectivity index (χ0n) is 78.0. The number of nitriles is 2. The quantitative estimate of drug-likeness (QED) is 0.124. The maximum atomic E-state index is 13.5. The third-order valence-corrected chi connectivity index (χ3v) is 31.1. The van der Waals surface area contributed by atoms with E-state index in [1.807, 2.05) is 54.6 Å². The molecule has 0 aliphatic heterocycles. The molecule has 0 heterocycles. The minimum atomic E-state index is -0.628. The van der Waals surface area contributed by atoms with E-state index in [0.29, 0.717) is 191 Å². The van der Waals surface area contributed by atoms with Crippen LogP contribution in [0.25, 0.3) is 0 Å². The molecule has 0 bridgehead atoms. The van der Waals surface area contributed by atoms with Crippen LogP contribution in [0.15, 0.2) is 336 Å². The van der Waals surface area contributed by atoms with Crippen LogP contribution < -0.4 is 0 Å². The summed E-state index contributed by atoms with van der Waals surface area (Å²) in [5, 5.41) is 58.8. The van der Waals surface area contributed by atoms with Gasteiger partial charge in [0.25, 0.3) is 0 Å². The predicted molar refractivity (Wildman–Crippen MR) is 535 cm³/mol. The Morgan fingerprint density at radius 3 is 0.669 bits per heavy atom. The number of rotatable bonds is 5. The lowest BCUT2D eigenvalue weighted by Crippen LogP contribution is -2.33. The van der Waals surface area contributed by atoms with Crippen molar-refractivity contribution in [3.8, 4) is 35.1 Å². The van der Waals surface area contributed by atoms with Gasteiger partial charge in [0.15, 0.2) is 86.7 Å². The molecule has 10 aromatic rings. The minimum Gasteiger partial charge on any atom is -0.508 e. The fourth-order valence-electron chi connectivity index (χ4n) is 24.1. The van der Waals surface area contributed by atoms with Crippen LogP contribution in [-0.4, -0.2) is 107 Å². The van der Waals surface area contributed by atoms with E-state index >= 15 is 0 Å². The van der Waals surface area contributed by atoms with Crippen LogP contribution in [0.1, 0.15) is 301 Å². The number of allylic oxidation sites excluding steroid dienone is 20. The smallest absolute Gasteiger partial charge is 0.191 e. The standard InChI is InChI=1S/2C25H17NO4.2C24H17ClO4.C24H18O3/c26-12-13-4-6-14(7-5-13)22-21-15(2-1-3-20(21)28)10-19-23(22)25(30)17-9-8-16(27)11-18(17)24(19)29;26-12-13-4-6-14(7-5-13)22-21-15(2-1-3-20(21)28)10-19-23(22)25(30)18-11-16(27)8-9-17(18)24(19)29;25-14-6-4-12(5-7-14)21-20-13(2-1-3-19(20)27)10-18-22(21)24(29)16-9-8-15(26)11-17(16)23(18)28;25-14-6-4-12(5-7-14)21-20-13(2-1-3-19(20)27)10-18-22(21)24(29)17-11-15(26)8-9-16(17)23(18)28;25-19-12-6-9-15-13-18-22(21(20(15)19)14-7-2-1-3-8-14)24(27)17-11-5-4-10-16(17)23(18)26/h2*4-9,11,22,27H,1-3,10H2;2*4-9,11,21,26H,1-3,10H2;1-5,7-8,10-11,21H,6,9,12-13H2. The molecule has 10 aromatic carbocycles. The molecule has 0 saturated heterocycles. The number of hydrogen-bond donors (Lipinski definition) is 4. The molecule has 0 spiro atoms. The number of aromatic hydroxyl groups is 4. The lowest BCUT2D eigenvalue weighted by atomic mass is 9.65. The average molecular weight is 1950 g/mol. The van der Waals surface area contributed by atoms with Crippen LogP contribution in [0.5, 0.6) is 23.0 Å². The molecule has 0 radical (unpaired) electrons. The Morgan fingerprint density at radius 2 is 0.414 bits per heavy atom. The topological polar surface area (TPSA) is 385 Å². The van der Waals surface area contributed by atoms with E-state index in [4.69, 9.17) is 33.7 Å². The summed E-state index contributed by atoms with van der Waals surface area (Å²) in [4.78, 5) is 198. The first kappa shape index (κ1) is 94.6. The summed E-state index contributed by atoms with van der Waals surface area (Å²) in [6.07, 6.45) is 11.6. The van der Waals surface area contributed by atoms with Crippen molar-refractivity contribution in [1.82, 2.24) is 0 Å². The summed E-state index contributed by atoms with van der Waals surface area (Å²) in [5.74, 6) is -5.07. The Labute approximate surface area is 841 Å². The highest BCUT2D eigenvalue weighted by molar-refractivity contribution is 6.35. The number of carbonyl (C=O) groups is 15. The molecule has 15 aliphatic carbocycles. The molecule has 4 N–H and O–H groups in total. The second kappa shape index (κ2) is 38.0. The third-order valence-electron chi connectivity index (χ3n) is 30.5. The number of fused-ring (bicyclic) bond motifs is 5. The number of phenolic OH excluding ortho intramolecular Hbond substituents is 4. The number of hydrogen-bond acceptors (Lipinski definition) is 21. The largest absolute Gasteiger partial charge is 0.508 e. The summed E-state index contributed by atoms with van der Waals surface area (Å²) in [6.45, 7) is 0. The number of carbonyl (C=O) groups excluding carboxylic acids is 15. The lowest BCUT2D eigenvalue weighted by Gasteiger charge is -2.36. The van der Waals surface area contributed by atoms with Crippen LogP contribution in [-0.2, 0) is 24.0 Å². The normalized spacial score (nSPS) is 21.0. The van der Waals surface area contributed by atoms with E-state index in [1.54, 1.807) is 97.1 Å². The first-order valence-electron chi connectivity index (χ1n) is 48.4. The van der Waals surface area contributed by atoms with Crippen molar-refractivity contribution in [3.63, 3.8) is 0 Å². The second-order valence-corrected chi connectivity index (χ2v) is 39.6. The number of phenols is 4. The van der Waals surface area contributed by atoms with Gasteiger partial charge in [0.05, 0.1) is 23.3 Å². The monoisotopic (exact) mass is 1950 g/mol. The van der Waals surface area contributed by atoms with Gasteiger partial charge in [0, 0.05) is 211 Å². The number of halogens is 2. The molecule has 0 aromatic heterocycles. The van der Waals surface area contributed by atoms with Gasteiger partial charge in [-0.25, -0.2) is 0 Å². The Bertz CT molecular complexity index is 8120. The maximum Gasteiger partial charge on any atom is 0.191 e. The van der Waals surface area contributed by atoms with Gasteiger partial charge in [-0.2, -0.15) is 10.5 Å². The third kappa shape index (κ3) is 16.5. The van der Waals surface area contributed by atoms with Crippen LogP contribution in [0.4, 0.5) is 0 Å². The molecule has 25 rings (SSSR count). The molecular weight excluding hydrogens is 1870 g/mol. The number of benzene rings is 10. The Kier molecular flexibility index (Phi) is 24.8. The fraction of sp³-hybridized carbons (Fsp3) is 0.205. The average Bonchev–Trinajstić information content (AvgIpc) is 0.744. The summed E-state index contributed by atoms with van der Waals surface area (Å²) < 4.78 is 0. The van der Waals surface area contributed by atoms with Gasteiger partial charge in [-0.05, 0) is 245 Å². The van der Waals surface area contributed by atoms with Gasteiger partial charge in [0.1, 0.15) is 23.0 Å². The molecule has 712 valence electrons. The van der Waals surface area contributed by atoms with Crippen molar-refractivity contribution in [2.24, 2.45) is 0 Å². The predicted octanol–water partition coefficient (Wildman–Crippen LogP) is 22.9. The second-order valence-electron chi connectivity index (χ2n) is 38.7. The SMILES string of the molecule is N#Cc1ccc(C2C3=C(CCCC3=O)CC3=C2C(=O)c2cc(O)ccc2C3=O)cc1.N#Cc1ccc(C2C3=C(CCCC3=O)CC3=C2C(=O)c2ccc(O)cc2C3=O)cc1.O=C1CCCC2=C1C(c1ccc(Cl)cc1)C1=C(C2)C(=O)c2cc(O)ccc2C1=O.O=C1CCCC2=C1C(c1ccc(Cl)cc1)C1=C(C2)C(=O)c2ccc(O)cc2C1=O.O=C1CCCC2=C1C(c1ccccc1)C1=C(C2)C(=O)c2ccccc2C1=O. The molecule has 5 atom stereocenters. The molecular formula is C122H86Cl2N2O19. The maximum absolute atomic E-state index is 13.5. The van der Waals surface area contributed by atoms with Crippen LogP contribution in [0.3, 0.4) is 0 Å². The molecule has 0 saturated carbocycles. The van der Waals surface area contributed by atoms with E-state index < -0.39 is 29.6 Å². The van der Waals surface area contributed by atoms with Gasteiger partial charge in [-0.1, -0.05) is 154 Å². The van der Waals surface area contributed by atoms with Crippen molar-refractivity contribution >= 4 is 110 Å². The number of ketones is 15. The molecule has 15 aliphatic rings. The lowest BCUT2D eigenvalue weighted by molar-refractivity contribution is -0.117. The van der Waals surface area contributed by atoms with Crippen molar-refractivity contribution < 1.29 is 92.3 Å². The van der Waals surface area contributed by atoms with Gasteiger partial charge in [-0.3, -0.25) is 71.9 Å². The van der Waals surface area contributed by atoms with Crippen molar-refractivity contribution in [1.29, 1.82) is 10.5 Å². The summed E-state index contributed by atoms with van der Waals surface area (Å²) >= 11 is 12.1. The van der Waals surface area contributed by atoms with Gasteiger partial charge < -0.3 is 20.4 Å². The molecule has 21 nitrogen and oxygen atoms in total. The Morgan fingerprint density at radius 1 is 0.214 bits per heavy atom. The molecule has 145 heavy (non-hydrogen) atoms. The zero-order valence-corrected chi connectivity index (χ0v) is 79.5. The minimum absolute atomic E-state index is 0.0131. The summed E-state index contributed by atoms with van der Waals surface area (Å²) in [5.41, 5.74) is 20.2. The Balaban J connectivity index is 0.000000107. The van der Waals surface area contributed by atoms with Crippen LogP contribution >= 0.6 is 23.2 Å². The highest BCUT2D eigenvalue weighted by Crippen LogP contribution is 2.57.